The van der Waals surface area contributed by atoms with Crippen molar-refractivity contribution in [3.05, 3.63) is 53.1 Å². The summed E-state index contributed by atoms with van der Waals surface area (Å²) in [6, 6.07) is 9.19. The quantitative estimate of drug-likeness (QED) is 0.541. The van der Waals surface area contributed by atoms with Gasteiger partial charge < -0.3 is 10.1 Å². The van der Waals surface area contributed by atoms with Crippen molar-refractivity contribution in [3.63, 3.8) is 0 Å². The number of sulfone groups is 1. The summed E-state index contributed by atoms with van der Waals surface area (Å²) >= 11 is 1.57. The Morgan fingerprint density at radius 1 is 1.11 bits per heavy atom. The van der Waals surface area contributed by atoms with Crippen LogP contribution in [0, 0.1) is 0 Å². The molecule has 0 saturated heterocycles. The van der Waals surface area contributed by atoms with Crippen molar-refractivity contribution in [2.24, 2.45) is 0 Å². The molecular formula is C19H14N4O3S2. The molecule has 0 spiro atoms. The van der Waals surface area contributed by atoms with Crippen LogP contribution in [0.15, 0.2) is 52.5 Å². The molecule has 0 radical (unpaired) electrons. The molecule has 140 valence electrons. The lowest BCUT2D eigenvalue weighted by Crippen LogP contribution is -1.99. The van der Waals surface area contributed by atoms with Crippen LogP contribution in [0.2, 0.25) is 0 Å². The van der Waals surface area contributed by atoms with E-state index in [0.29, 0.717) is 34.7 Å². The Morgan fingerprint density at radius 2 is 2.00 bits per heavy atom. The van der Waals surface area contributed by atoms with Crippen LogP contribution in [0.5, 0.6) is 0 Å². The number of nitrogens with one attached hydrogen (secondary N) is 1. The second-order valence-electron chi connectivity index (χ2n) is 6.21. The van der Waals surface area contributed by atoms with Crippen LogP contribution in [0.4, 0.5) is 11.5 Å². The van der Waals surface area contributed by atoms with E-state index >= 15 is 0 Å². The fourth-order valence-electron chi connectivity index (χ4n) is 3.22. The molecule has 0 unspecified atom stereocenters. The summed E-state index contributed by atoms with van der Waals surface area (Å²) < 4.78 is 31.7. The standard InChI is InChI=1S/C19H14N4O3S2/c1-2-26-16-8-28(24,25)18-7-12-14(6-13(16)18)20-9-21-19(12)23-11-3-4-17-15(5-11)22-10-27-17/h3-10H,2H2,1H3,(H,20,21,23). The predicted molar refractivity (Wildman–Crippen MR) is 109 cm³/mol. The smallest absolute Gasteiger partial charge is 0.204 e. The lowest BCUT2D eigenvalue weighted by molar-refractivity contribution is 0.298. The average Bonchev–Trinajstić information content (AvgIpc) is 3.23. The number of ether oxygens (including phenoxy) is 1. The first-order valence-electron chi connectivity index (χ1n) is 8.54. The van der Waals surface area contributed by atoms with E-state index in [4.69, 9.17) is 4.74 Å². The molecule has 1 N–H and O–H groups in total. The third-order valence-corrected chi connectivity index (χ3v) is 6.75. The van der Waals surface area contributed by atoms with Crippen molar-refractivity contribution >= 4 is 59.6 Å². The van der Waals surface area contributed by atoms with Gasteiger partial charge in [0.05, 0.1) is 38.2 Å². The Balaban J connectivity index is 1.63. The van der Waals surface area contributed by atoms with Crippen LogP contribution < -0.4 is 5.32 Å². The summed E-state index contributed by atoms with van der Waals surface area (Å²) in [4.78, 5) is 13.1. The summed E-state index contributed by atoms with van der Waals surface area (Å²) in [5.41, 5.74) is 4.67. The average molecular weight is 410 g/mol. The molecular weight excluding hydrogens is 396 g/mol. The zero-order valence-corrected chi connectivity index (χ0v) is 16.3. The maximum atomic E-state index is 12.5. The van der Waals surface area contributed by atoms with Crippen molar-refractivity contribution < 1.29 is 13.2 Å². The van der Waals surface area contributed by atoms with E-state index in [0.717, 1.165) is 21.3 Å². The third-order valence-electron chi connectivity index (χ3n) is 4.46. The molecule has 7 nitrogen and oxygen atoms in total. The second-order valence-corrected chi connectivity index (χ2v) is 8.86. The normalized spacial score (nSPS) is 14.8. The van der Waals surface area contributed by atoms with E-state index in [1.54, 1.807) is 29.0 Å². The lowest BCUT2D eigenvalue weighted by atomic mass is 10.1. The molecule has 0 saturated carbocycles. The first-order valence-corrected chi connectivity index (χ1v) is 11.0. The highest BCUT2D eigenvalue weighted by atomic mass is 32.2. The number of anilines is 2. The van der Waals surface area contributed by atoms with Gasteiger partial charge in [-0.25, -0.2) is 23.4 Å². The summed E-state index contributed by atoms with van der Waals surface area (Å²) in [5.74, 6) is 0.879. The van der Waals surface area contributed by atoms with Gasteiger partial charge in [0, 0.05) is 16.6 Å². The van der Waals surface area contributed by atoms with Crippen LogP contribution in [-0.4, -0.2) is 30.0 Å². The summed E-state index contributed by atoms with van der Waals surface area (Å²) in [7, 11) is -3.56. The monoisotopic (exact) mass is 410 g/mol. The zero-order chi connectivity index (χ0) is 19.3. The molecule has 5 rings (SSSR count). The van der Waals surface area contributed by atoms with Gasteiger partial charge in [0.1, 0.15) is 17.9 Å². The molecule has 9 heteroatoms. The van der Waals surface area contributed by atoms with Crippen LogP contribution in [0.25, 0.3) is 26.9 Å². The minimum atomic E-state index is -3.56. The van der Waals surface area contributed by atoms with Gasteiger partial charge in [-0.3, -0.25) is 0 Å². The number of hydrogen-bond donors (Lipinski definition) is 1. The van der Waals surface area contributed by atoms with Crippen molar-refractivity contribution in [2.45, 2.75) is 11.8 Å². The highest BCUT2D eigenvalue weighted by molar-refractivity contribution is 7.95. The van der Waals surface area contributed by atoms with E-state index < -0.39 is 9.84 Å². The van der Waals surface area contributed by atoms with Gasteiger partial charge in [-0.2, -0.15) is 0 Å². The molecule has 0 atom stereocenters. The fourth-order valence-corrected chi connectivity index (χ4v) is 5.23. The molecule has 1 aliphatic rings. The molecule has 2 aromatic heterocycles. The molecule has 0 amide bonds. The number of fused-ring (bicyclic) bond motifs is 3. The Hall–Kier alpha value is -3.04. The van der Waals surface area contributed by atoms with E-state index in [-0.39, 0.29) is 4.90 Å². The van der Waals surface area contributed by atoms with Gasteiger partial charge in [0.25, 0.3) is 0 Å². The van der Waals surface area contributed by atoms with Crippen molar-refractivity contribution in [2.75, 3.05) is 11.9 Å². The van der Waals surface area contributed by atoms with Gasteiger partial charge in [0.2, 0.25) is 9.84 Å². The van der Waals surface area contributed by atoms with Crippen LogP contribution >= 0.6 is 11.3 Å². The molecule has 0 aliphatic carbocycles. The summed E-state index contributed by atoms with van der Waals surface area (Å²) in [6.07, 6.45) is 1.45. The first kappa shape index (κ1) is 17.1. The number of aromatic nitrogens is 3. The van der Waals surface area contributed by atoms with Gasteiger partial charge in [-0.1, -0.05) is 0 Å². The summed E-state index contributed by atoms with van der Waals surface area (Å²) in [5, 5.41) is 5.04. The molecule has 0 bridgehead atoms. The molecule has 4 aromatic rings. The number of benzene rings is 2. The Labute approximate surface area is 164 Å². The highest BCUT2D eigenvalue weighted by Gasteiger charge is 2.29. The van der Waals surface area contributed by atoms with Gasteiger partial charge in [-0.05, 0) is 37.3 Å². The maximum absolute atomic E-state index is 12.5. The van der Waals surface area contributed by atoms with Gasteiger partial charge in [-0.15, -0.1) is 11.3 Å². The molecule has 3 heterocycles. The largest absolute Gasteiger partial charge is 0.492 e. The molecule has 0 fully saturated rings. The minimum Gasteiger partial charge on any atom is -0.492 e. The predicted octanol–water partition coefficient (Wildman–Crippen LogP) is 4.11. The number of rotatable bonds is 4. The maximum Gasteiger partial charge on any atom is 0.204 e. The van der Waals surface area contributed by atoms with Gasteiger partial charge in [0.15, 0.2) is 0 Å². The number of hydrogen-bond acceptors (Lipinski definition) is 8. The number of thiazole rings is 1. The second kappa shape index (κ2) is 6.25. The van der Waals surface area contributed by atoms with Gasteiger partial charge >= 0.3 is 0 Å². The third kappa shape index (κ3) is 2.71. The van der Waals surface area contributed by atoms with E-state index in [1.807, 2.05) is 25.1 Å². The van der Waals surface area contributed by atoms with E-state index in [9.17, 15) is 8.42 Å². The van der Waals surface area contributed by atoms with Crippen LogP contribution in [0.1, 0.15) is 12.5 Å². The summed E-state index contributed by atoms with van der Waals surface area (Å²) in [6.45, 7) is 2.20. The van der Waals surface area contributed by atoms with E-state index in [2.05, 4.69) is 20.3 Å². The first-order chi connectivity index (χ1) is 13.5. The fraction of sp³-hybridized carbons (Fsp3) is 0.105. The topological polar surface area (TPSA) is 94.1 Å². The Kier molecular flexibility index (Phi) is 3.81. The number of nitrogens with zero attached hydrogens (tertiary/aromatic N) is 3. The van der Waals surface area contributed by atoms with E-state index in [1.165, 1.54) is 6.33 Å². The highest BCUT2D eigenvalue weighted by Crippen LogP contribution is 2.38. The SMILES string of the molecule is CCOC1=CS(=O)(=O)c2cc3c(Nc4ccc5scnc5c4)ncnc3cc21. The van der Waals surface area contributed by atoms with Crippen molar-refractivity contribution in [3.8, 4) is 0 Å². The Bertz CT molecular complexity index is 1380. The van der Waals surface area contributed by atoms with Crippen LogP contribution in [-0.2, 0) is 14.6 Å². The molecule has 2 aromatic carbocycles. The minimum absolute atomic E-state index is 0.205. The van der Waals surface area contributed by atoms with Crippen LogP contribution in [0.3, 0.4) is 0 Å². The zero-order valence-electron chi connectivity index (χ0n) is 14.7. The molecule has 28 heavy (non-hydrogen) atoms. The molecule has 1 aliphatic heterocycles. The van der Waals surface area contributed by atoms with Crippen molar-refractivity contribution in [1.82, 2.24) is 15.0 Å². The Morgan fingerprint density at radius 3 is 2.86 bits per heavy atom. The lowest BCUT2D eigenvalue weighted by Gasteiger charge is -2.11. The van der Waals surface area contributed by atoms with Crippen molar-refractivity contribution in [1.29, 1.82) is 0 Å².